The lowest BCUT2D eigenvalue weighted by atomic mass is 10.1. The summed E-state index contributed by atoms with van der Waals surface area (Å²) in [5.41, 5.74) is 0.159. The first kappa shape index (κ1) is 23.6. The fourth-order valence-electron chi connectivity index (χ4n) is 2.98. The third-order valence-electron chi connectivity index (χ3n) is 4.57. The Labute approximate surface area is 198 Å². The maximum Gasteiger partial charge on any atom is 0.345 e. The summed E-state index contributed by atoms with van der Waals surface area (Å²) in [6.07, 6.45) is 2.74. The zero-order chi connectivity index (χ0) is 23.1. The minimum atomic E-state index is -0.795. The molecule has 0 fully saturated rings. The number of hydrogen-bond acceptors (Lipinski definition) is 7. The van der Waals surface area contributed by atoms with Crippen molar-refractivity contribution in [3.05, 3.63) is 67.4 Å². The topological polar surface area (TPSA) is 112 Å². The number of carbonyl (C=O) groups is 2. The van der Waals surface area contributed by atoms with Crippen LogP contribution in [0.1, 0.15) is 53.1 Å². The first-order chi connectivity index (χ1) is 15.5. The van der Waals surface area contributed by atoms with Crippen LogP contribution in [0.25, 0.3) is 11.0 Å². The molecule has 1 N–H and O–H groups in total. The Kier molecular flexibility index (Phi) is 8.14. The standard InChI is InChI=1S/C22H23IN4O5/c1-3-5-11-32-27-19-15(17(23)16(21(27)29)22(30)31-4-2)18(25-13-26-19)20(28)24-12-14-9-7-6-8-10-14/h6-10,13H,3-5,11-12H2,1-2H3,(H,24,28). The Morgan fingerprint density at radius 2 is 1.91 bits per heavy atom. The normalized spacial score (nSPS) is 10.7. The summed E-state index contributed by atoms with van der Waals surface area (Å²) in [6, 6.07) is 9.42. The molecule has 10 heteroatoms. The zero-order valence-corrected chi connectivity index (χ0v) is 19.9. The van der Waals surface area contributed by atoms with Gasteiger partial charge in [-0.05, 0) is 41.5 Å². The van der Waals surface area contributed by atoms with E-state index < -0.39 is 17.4 Å². The van der Waals surface area contributed by atoms with E-state index in [0.29, 0.717) is 13.0 Å². The number of carbonyl (C=O) groups excluding carboxylic acids is 2. The summed E-state index contributed by atoms with van der Waals surface area (Å²) < 4.78 is 6.26. The Hall–Kier alpha value is -3.02. The maximum atomic E-state index is 13.1. The number of unbranched alkanes of at least 4 members (excludes halogenated alkanes) is 1. The van der Waals surface area contributed by atoms with Crippen LogP contribution >= 0.6 is 22.6 Å². The van der Waals surface area contributed by atoms with Crippen molar-refractivity contribution in [1.29, 1.82) is 0 Å². The molecule has 0 aliphatic rings. The van der Waals surface area contributed by atoms with Crippen molar-refractivity contribution in [1.82, 2.24) is 20.0 Å². The third kappa shape index (κ3) is 5.06. The lowest BCUT2D eigenvalue weighted by molar-refractivity contribution is 0.0512. The second-order valence-corrected chi connectivity index (χ2v) is 7.86. The number of benzene rings is 1. The highest BCUT2D eigenvalue weighted by Crippen LogP contribution is 2.23. The van der Waals surface area contributed by atoms with Gasteiger partial charge in [-0.3, -0.25) is 9.59 Å². The van der Waals surface area contributed by atoms with Crippen molar-refractivity contribution < 1.29 is 19.2 Å². The van der Waals surface area contributed by atoms with Gasteiger partial charge in [0.2, 0.25) is 0 Å². The molecule has 0 bridgehead atoms. The predicted molar refractivity (Wildman–Crippen MR) is 126 cm³/mol. The smallest absolute Gasteiger partial charge is 0.345 e. The highest BCUT2D eigenvalue weighted by atomic mass is 127. The number of amides is 1. The van der Waals surface area contributed by atoms with Gasteiger partial charge >= 0.3 is 11.5 Å². The van der Waals surface area contributed by atoms with Crippen LogP contribution in [0.4, 0.5) is 0 Å². The van der Waals surface area contributed by atoms with Crippen LogP contribution in [-0.4, -0.2) is 39.8 Å². The number of aromatic nitrogens is 3. The molecule has 0 radical (unpaired) electrons. The van der Waals surface area contributed by atoms with Gasteiger partial charge in [-0.15, -0.1) is 4.73 Å². The van der Waals surface area contributed by atoms with Gasteiger partial charge in [-0.2, -0.15) is 0 Å². The van der Waals surface area contributed by atoms with Crippen LogP contribution in [0.15, 0.2) is 41.5 Å². The first-order valence-corrected chi connectivity index (χ1v) is 11.3. The molecule has 0 spiro atoms. The van der Waals surface area contributed by atoms with Crippen LogP contribution < -0.4 is 15.7 Å². The molecular weight excluding hydrogens is 527 g/mol. The molecule has 168 valence electrons. The number of nitrogens with zero attached hydrogens (tertiary/aromatic N) is 3. The van der Waals surface area contributed by atoms with Crippen molar-refractivity contribution >= 4 is 45.5 Å². The molecule has 0 atom stereocenters. The summed E-state index contributed by atoms with van der Waals surface area (Å²) in [7, 11) is 0. The van der Waals surface area contributed by atoms with E-state index in [2.05, 4.69) is 15.3 Å². The molecule has 2 aromatic heterocycles. The number of halogens is 1. The van der Waals surface area contributed by atoms with Crippen molar-refractivity contribution in [3.63, 3.8) is 0 Å². The number of esters is 1. The Bertz CT molecular complexity index is 1180. The molecule has 0 saturated heterocycles. The Morgan fingerprint density at radius 1 is 1.16 bits per heavy atom. The van der Waals surface area contributed by atoms with E-state index >= 15 is 0 Å². The summed E-state index contributed by atoms with van der Waals surface area (Å²) in [6.45, 7) is 4.26. The van der Waals surface area contributed by atoms with Gasteiger partial charge in [0.25, 0.3) is 5.91 Å². The van der Waals surface area contributed by atoms with Gasteiger partial charge in [-0.1, -0.05) is 43.7 Å². The highest BCUT2D eigenvalue weighted by Gasteiger charge is 2.27. The van der Waals surface area contributed by atoms with Gasteiger partial charge in [0.05, 0.1) is 12.0 Å². The van der Waals surface area contributed by atoms with Crippen molar-refractivity contribution in [2.24, 2.45) is 0 Å². The molecule has 1 amide bonds. The Morgan fingerprint density at radius 3 is 2.59 bits per heavy atom. The quantitative estimate of drug-likeness (QED) is 0.248. The van der Waals surface area contributed by atoms with E-state index in [1.54, 1.807) is 6.92 Å². The average Bonchev–Trinajstić information content (AvgIpc) is 2.80. The lowest BCUT2D eigenvalue weighted by Crippen LogP contribution is -2.35. The number of hydrogen-bond donors (Lipinski definition) is 1. The molecule has 32 heavy (non-hydrogen) atoms. The van der Waals surface area contributed by atoms with E-state index in [1.165, 1.54) is 6.33 Å². The van der Waals surface area contributed by atoms with Gasteiger partial charge in [0.1, 0.15) is 24.2 Å². The largest absolute Gasteiger partial charge is 0.462 e. The van der Waals surface area contributed by atoms with E-state index in [4.69, 9.17) is 9.57 Å². The maximum absolute atomic E-state index is 13.1. The average molecular weight is 550 g/mol. The highest BCUT2D eigenvalue weighted by molar-refractivity contribution is 14.1. The van der Waals surface area contributed by atoms with E-state index in [-0.39, 0.29) is 39.1 Å². The number of rotatable bonds is 9. The van der Waals surface area contributed by atoms with Crippen LogP contribution in [0.5, 0.6) is 0 Å². The summed E-state index contributed by atoms with van der Waals surface area (Å²) in [4.78, 5) is 52.6. The molecule has 9 nitrogen and oxygen atoms in total. The third-order valence-corrected chi connectivity index (χ3v) is 5.64. The lowest BCUT2D eigenvalue weighted by Gasteiger charge is -2.16. The van der Waals surface area contributed by atoms with Crippen LogP contribution in [0.2, 0.25) is 0 Å². The monoisotopic (exact) mass is 550 g/mol. The second kappa shape index (κ2) is 11.0. The van der Waals surface area contributed by atoms with E-state index in [0.717, 1.165) is 16.7 Å². The molecule has 0 aliphatic carbocycles. The number of fused-ring (bicyclic) bond motifs is 1. The summed E-state index contributed by atoms with van der Waals surface area (Å²) in [5.74, 6) is -1.26. The van der Waals surface area contributed by atoms with E-state index in [1.807, 2.05) is 59.8 Å². The van der Waals surface area contributed by atoms with Gasteiger partial charge in [-0.25, -0.2) is 14.8 Å². The summed E-state index contributed by atoms with van der Waals surface area (Å²) >= 11 is 1.85. The molecule has 0 unspecified atom stereocenters. The molecule has 3 aromatic rings. The molecule has 2 heterocycles. The van der Waals surface area contributed by atoms with Crippen molar-refractivity contribution in [2.75, 3.05) is 13.2 Å². The molecule has 1 aromatic carbocycles. The fraction of sp³-hybridized carbons (Fsp3) is 0.318. The van der Waals surface area contributed by atoms with Gasteiger partial charge in [0.15, 0.2) is 5.65 Å². The minimum absolute atomic E-state index is 0.0359. The molecular formula is C22H23IN4O5. The zero-order valence-electron chi connectivity index (χ0n) is 17.8. The number of ether oxygens (including phenoxy) is 1. The van der Waals surface area contributed by atoms with Gasteiger partial charge in [0, 0.05) is 10.1 Å². The van der Waals surface area contributed by atoms with Crippen LogP contribution in [0, 0.1) is 3.57 Å². The summed E-state index contributed by atoms with van der Waals surface area (Å²) in [5, 5.41) is 3.07. The number of nitrogens with one attached hydrogen (secondary N) is 1. The fourth-order valence-corrected chi connectivity index (χ4v) is 3.93. The SMILES string of the molecule is CCCCOn1c(=O)c(C(=O)OCC)c(I)c2c(C(=O)NCc3ccccc3)ncnc21. The minimum Gasteiger partial charge on any atom is -0.462 e. The Balaban J connectivity index is 2.12. The van der Waals surface area contributed by atoms with Gasteiger partial charge < -0.3 is 14.9 Å². The number of pyridine rings is 1. The first-order valence-electron chi connectivity index (χ1n) is 10.2. The molecule has 3 rings (SSSR count). The predicted octanol–water partition coefficient (Wildman–Crippen LogP) is 2.73. The second-order valence-electron chi connectivity index (χ2n) is 6.78. The van der Waals surface area contributed by atoms with Crippen molar-refractivity contribution in [3.8, 4) is 0 Å². The van der Waals surface area contributed by atoms with Crippen LogP contribution in [0.3, 0.4) is 0 Å². The van der Waals surface area contributed by atoms with Crippen molar-refractivity contribution in [2.45, 2.75) is 33.2 Å². The molecule has 0 aliphatic heterocycles. The molecule has 0 saturated carbocycles. The van der Waals surface area contributed by atoms with E-state index in [9.17, 15) is 14.4 Å². The van der Waals surface area contributed by atoms with Crippen LogP contribution in [-0.2, 0) is 11.3 Å².